The molecule has 0 aromatic heterocycles. The van der Waals surface area contributed by atoms with E-state index in [1.54, 1.807) is 0 Å². The van der Waals surface area contributed by atoms with Gasteiger partial charge < -0.3 is 130 Å². The molecule has 0 radical (unpaired) electrons. The number of aliphatic hydroxyl groups excluding tert-OH is 16. The summed E-state index contributed by atoms with van der Waals surface area (Å²) < 4.78 is 50.4. The maximum absolute atomic E-state index is 11.8. The number of carbonyl (C=O) groups is 1. The summed E-state index contributed by atoms with van der Waals surface area (Å²) >= 11 is 0. The maximum atomic E-state index is 11.8. The molecule has 0 aromatic rings. The molecule has 344 valence electrons. The largest absolute Gasteiger partial charge is 0.394 e. The molecule has 5 saturated heterocycles. The summed E-state index contributed by atoms with van der Waals surface area (Å²) in [4.78, 5) is 11.8. The molecule has 17 N–H and O–H groups in total. The second-order valence-electron chi connectivity index (χ2n) is 14.7. The van der Waals surface area contributed by atoms with Crippen molar-refractivity contribution in [2.24, 2.45) is 0 Å². The third kappa shape index (κ3) is 10.3. The predicted molar refractivity (Wildman–Crippen MR) is 178 cm³/mol. The smallest absolute Gasteiger partial charge is 0.217 e. The molecule has 5 heterocycles. The molecule has 10 unspecified atom stereocenters. The number of amides is 1. The van der Waals surface area contributed by atoms with Crippen LogP contribution in [0, 0.1) is 0 Å². The number of hydrogen-bond acceptors (Lipinski definition) is 26. The molecule has 0 saturated carbocycles. The molecule has 5 rings (SSSR count). The first-order valence-corrected chi connectivity index (χ1v) is 18.6. The van der Waals surface area contributed by atoms with E-state index >= 15 is 0 Å². The van der Waals surface area contributed by atoms with Gasteiger partial charge in [-0.1, -0.05) is 0 Å². The van der Waals surface area contributed by atoms with Crippen molar-refractivity contribution in [3.8, 4) is 0 Å². The van der Waals surface area contributed by atoms with Crippen LogP contribution in [0.25, 0.3) is 0 Å². The van der Waals surface area contributed by atoms with E-state index in [0.29, 0.717) is 0 Å². The Labute approximate surface area is 333 Å². The molecule has 59 heavy (non-hydrogen) atoms. The summed E-state index contributed by atoms with van der Waals surface area (Å²) in [6.45, 7) is -3.40. The highest BCUT2D eigenvalue weighted by molar-refractivity contribution is 5.73. The lowest BCUT2D eigenvalue weighted by Gasteiger charge is -2.49. The summed E-state index contributed by atoms with van der Waals surface area (Å²) in [5.41, 5.74) is 0. The van der Waals surface area contributed by atoms with Crippen molar-refractivity contribution in [1.29, 1.82) is 0 Å². The molecule has 0 aromatic carbocycles. The van der Waals surface area contributed by atoms with Crippen molar-refractivity contribution in [2.75, 3.05) is 33.0 Å². The monoisotopic (exact) mass is 869 g/mol. The summed E-state index contributed by atoms with van der Waals surface area (Å²) in [6, 6.07) is -1.57. The van der Waals surface area contributed by atoms with Crippen LogP contribution in [0.1, 0.15) is 6.92 Å². The van der Waals surface area contributed by atoms with Gasteiger partial charge in [0.1, 0.15) is 122 Å². The van der Waals surface area contributed by atoms with Crippen molar-refractivity contribution in [3.63, 3.8) is 0 Å². The molecule has 5 aliphatic rings. The van der Waals surface area contributed by atoms with Gasteiger partial charge in [-0.25, -0.2) is 0 Å². The molecule has 25 atom stereocenters. The Hall–Kier alpha value is -1.53. The highest BCUT2D eigenvalue weighted by atomic mass is 16.8. The molecule has 0 aliphatic carbocycles. The van der Waals surface area contributed by atoms with Crippen molar-refractivity contribution < 1.29 is 129 Å². The summed E-state index contributed by atoms with van der Waals surface area (Å²) in [5, 5.41) is 170. The average Bonchev–Trinajstić information content (AvgIpc) is 3.21. The molecule has 5 fully saturated rings. The Balaban J connectivity index is 1.45. The van der Waals surface area contributed by atoms with Gasteiger partial charge in [0.25, 0.3) is 0 Å². The Kier molecular flexibility index (Phi) is 17.1. The van der Waals surface area contributed by atoms with Gasteiger partial charge >= 0.3 is 0 Å². The molecule has 27 heteroatoms. The Bertz CT molecular complexity index is 1320. The fourth-order valence-electron chi connectivity index (χ4n) is 7.30. The summed E-state index contributed by atoms with van der Waals surface area (Å²) in [5.74, 6) is -0.727. The number of aliphatic hydroxyl groups is 16. The second-order valence-corrected chi connectivity index (χ2v) is 14.7. The lowest BCUT2D eigenvalue weighted by molar-refractivity contribution is -0.396. The van der Waals surface area contributed by atoms with Gasteiger partial charge in [-0.2, -0.15) is 0 Å². The van der Waals surface area contributed by atoms with E-state index < -0.39 is 192 Å². The normalized spacial score (nSPS) is 51.0. The van der Waals surface area contributed by atoms with E-state index in [1.165, 1.54) is 0 Å². The van der Waals surface area contributed by atoms with Crippen molar-refractivity contribution >= 4 is 5.91 Å². The second kappa shape index (κ2) is 20.8. The minimum Gasteiger partial charge on any atom is -0.394 e. The molecule has 1 amide bonds. The number of hydrogen-bond donors (Lipinski definition) is 17. The third-order valence-electron chi connectivity index (χ3n) is 10.7. The highest BCUT2D eigenvalue weighted by Crippen LogP contribution is 2.35. The zero-order valence-corrected chi connectivity index (χ0v) is 31.2. The van der Waals surface area contributed by atoms with Gasteiger partial charge in [0, 0.05) is 6.92 Å². The lowest BCUT2D eigenvalue weighted by atomic mass is 9.95. The Morgan fingerprint density at radius 3 is 1.42 bits per heavy atom. The molecule has 27 nitrogen and oxygen atoms in total. The van der Waals surface area contributed by atoms with E-state index in [9.17, 15) is 86.5 Å². The lowest BCUT2D eigenvalue weighted by Crippen LogP contribution is -2.69. The first kappa shape index (κ1) is 48.5. The van der Waals surface area contributed by atoms with Gasteiger partial charge in [-0.3, -0.25) is 4.79 Å². The number of rotatable bonds is 14. The molecule has 0 bridgehead atoms. The van der Waals surface area contributed by atoms with Crippen LogP contribution < -0.4 is 5.32 Å². The van der Waals surface area contributed by atoms with Crippen LogP contribution in [0.4, 0.5) is 0 Å². The van der Waals surface area contributed by atoms with E-state index in [-0.39, 0.29) is 0 Å². The highest BCUT2D eigenvalue weighted by Gasteiger charge is 2.56. The predicted octanol–water partition coefficient (Wildman–Crippen LogP) is -11.8. The zero-order valence-electron chi connectivity index (χ0n) is 31.2. The van der Waals surface area contributed by atoms with E-state index in [4.69, 9.17) is 42.6 Å². The van der Waals surface area contributed by atoms with Crippen LogP contribution in [0.3, 0.4) is 0 Å². The summed E-state index contributed by atoms with van der Waals surface area (Å²) in [6.07, 6.45) is -45.2. The van der Waals surface area contributed by atoms with Crippen LogP contribution in [0.5, 0.6) is 0 Å². The standard InChI is InChI=1S/C32H55NO26/c1-7(38)33-13-18(43)25(11(5-37)52-28(13)50)57-31-24(49)26(17(42)12(56-31)6-51-29-22(47)19(44)14(39)8(2-34)53-29)58-32-27(21(46)16(41)10(4-36)55-32)59-30-23(48)20(45)15(40)9(3-35)54-30/h8-32,34-37,39-50H,2-6H2,1H3,(H,33,38)/t8?,9-,10-,11?,12?,13?,14+,15+,16+,17+,18+,19-,20?,21?,22?,23?,24?,25+,26-,27?,28+,29-,30+,31-,32+/m0/s1. The van der Waals surface area contributed by atoms with E-state index in [0.717, 1.165) is 6.92 Å². The fraction of sp³-hybridized carbons (Fsp3) is 0.969. The quantitative estimate of drug-likeness (QED) is 0.0770. The SMILES string of the molecule is CC(=O)NC1[C@H](O)OC(CO)[C@@H](O[C@@H]2OC(CO[C@H]3OC(CO)[C@@H](O)[C@H](O)C3O)[C@@H](O)[C@H](O[C@H]3O[C@@H](CO)[C@@H](O)C(O)C3O[C@H]3O[C@@H](CO)[C@@H](O)C(O)C3O)C2O)[C@@H]1O. The van der Waals surface area contributed by atoms with Gasteiger partial charge in [-0.05, 0) is 0 Å². The Morgan fingerprint density at radius 2 is 0.881 bits per heavy atom. The number of nitrogens with one attached hydrogen (secondary N) is 1. The van der Waals surface area contributed by atoms with Gasteiger partial charge in [-0.15, -0.1) is 0 Å². The van der Waals surface area contributed by atoms with Crippen LogP contribution in [-0.2, 0) is 47.4 Å². The first-order valence-electron chi connectivity index (χ1n) is 18.6. The molecular weight excluding hydrogens is 814 g/mol. The Morgan fingerprint density at radius 1 is 0.441 bits per heavy atom. The van der Waals surface area contributed by atoms with Gasteiger partial charge in [0.2, 0.25) is 5.91 Å². The zero-order chi connectivity index (χ0) is 43.6. The van der Waals surface area contributed by atoms with Crippen LogP contribution in [-0.4, -0.2) is 274 Å². The number of carbonyl (C=O) groups excluding carboxylic acids is 1. The van der Waals surface area contributed by atoms with Crippen LogP contribution in [0.15, 0.2) is 0 Å². The molecule has 5 aliphatic heterocycles. The van der Waals surface area contributed by atoms with E-state index in [2.05, 4.69) is 5.32 Å². The van der Waals surface area contributed by atoms with Crippen molar-refractivity contribution in [1.82, 2.24) is 5.32 Å². The van der Waals surface area contributed by atoms with Crippen molar-refractivity contribution in [2.45, 2.75) is 160 Å². The average molecular weight is 870 g/mol. The molecule has 0 spiro atoms. The third-order valence-corrected chi connectivity index (χ3v) is 10.7. The fourth-order valence-corrected chi connectivity index (χ4v) is 7.30. The first-order chi connectivity index (χ1) is 27.9. The topological polar surface area (TPSA) is 436 Å². The summed E-state index contributed by atoms with van der Waals surface area (Å²) in [7, 11) is 0. The maximum Gasteiger partial charge on any atom is 0.217 e. The van der Waals surface area contributed by atoms with Crippen LogP contribution in [0.2, 0.25) is 0 Å². The van der Waals surface area contributed by atoms with Crippen molar-refractivity contribution in [3.05, 3.63) is 0 Å². The minimum atomic E-state index is -2.21. The minimum absolute atomic E-state index is 0.727. The molecular formula is C32H55NO26. The van der Waals surface area contributed by atoms with Gasteiger partial charge in [0.05, 0.1) is 33.0 Å². The van der Waals surface area contributed by atoms with E-state index in [1.807, 2.05) is 0 Å². The van der Waals surface area contributed by atoms with Gasteiger partial charge in [0.15, 0.2) is 31.5 Å². The number of ether oxygens (including phenoxy) is 9. The van der Waals surface area contributed by atoms with Crippen LogP contribution >= 0.6 is 0 Å².